The minimum atomic E-state index is 0.0446. The molecule has 0 nitrogen and oxygen atoms in total. The van der Waals surface area contributed by atoms with Crippen LogP contribution in [0.15, 0.2) is 12.1 Å². The fourth-order valence-corrected chi connectivity index (χ4v) is 8.22. The van der Waals surface area contributed by atoms with Crippen molar-refractivity contribution in [3.05, 3.63) is 67.8 Å². The van der Waals surface area contributed by atoms with Gasteiger partial charge >= 0.3 is 0 Å². The molecule has 0 heteroatoms. The van der Waals surface area contributed by atoms with Crippen LogP contribution in [0.1, 0.15) is 228 Å². The van der Waals surface area contributed by atoms with E-state index in [-0.39, 0.29) is 43.3 Å². The van der Waals surface area contributed by atoms with Crippen molar-refractivity contribution in [2.45, 2.75) is 229 Å². The van der Waals surface area contributed by atoms with E-state index >= 15 is 0 Å². The average molecular weight is 645 g/mol. The van der Waals surface area contributed by atoms with Crippen molar-refractivity contribution < 1.29 is 0 Å². The third-order valence-corrected chi connectivity index (χ3v) is 9.89. The molecule has 0 amide bonds. The molecule has 47 heavy (non-hydrogen) atoms. The highest BCUT2D eigenvalue weighted by Crippen LogP contribution is 2.49. The third kappa shape index (κ3) is 9.37. The van der Waals surface area contributed by atoms with Crippen LogP contribution in [0.4, 0.5) is 0 Å². The highest BCUT2D eigenvalue weighted by atomic mass is 14.4. The first-order chi connectivity index (χ1) is 20.4. The van der Waals surface area contributed by atoms with Gasteiger partial charge in [-0.2, -0.15) is 0 Å². The predicted molar refractivity (Wildman–Crippen MR) is 215 cm³/mol. The van der Waals surface area contributed by atoms with E-state index in [1.165, 1.54) is 11.1 Å². The maximum atomic E-state index is 2.65. The molecule has 0 heterocycles. The van der Waals surface area contributed by atoms with Gasteiger partial charge < -0.3 is 0 Å². The van der Waals surface area contributed by atoms with E-state index in [1.54, 1.807) is 44.5 Å². The zero-order valence-electron chi connectivity index (χ0n) is 36.3. The van der Waals surface area contributed by atoms with Crippen LogP contribution in [0.5, 0.6) is 0 Å². The third-order valence-electron chi connectivity index (χ3n) is 9.89. The summed E-state index contributed by atoms with van der Waals surface area (Å²) in [6.45, 7) is 58.4. The lowest BCUT2D eigenvalue weighted by molar-refractivity contribution is 0.472. The molecule has 0 spiro atoms. The molecule has 0 aliphatic rings. The Bertz CT molecular complexity index is 1410. The van der Waals surface area contributed by atoms with Crippen molar-refractivity contribution in [1.29, 1.82) is 0 Å². The van der Waals surface area contributed by atoms with Gasteiger partial charge in [0.05, 0.1) is 0 Å². The molecule has 0 saturated heterocycles. The summed E-state index contributed by atoms with van der Waals surface area (Å²) in [6, 6.07) is 5.27. The first-order valence-corrected chi connectivity index (χ1v) is 18.9. The summed E-state index contributed by atoms with van der Waals surface area (Å²) in [7, 11) is 0. The van der Waals surface area contributed by atoms with Gasteiger partial charge in [0.25, 0.3) is 0 Å². The molecule has 0 bridgehead atoms. The number of aryl methyl sites for hydroxylation is 1. The van der Waals surface area contributed by atoms with E-state index in [9.17, 15) is 0 Å². The van der Waals surface area contributed by atoms with Crippen molar-refractivity contribution in [3.63, 3.8) is 0 Å². The van der Waals surface area contributed by atoms with Crippen molar-refractivity contribution in [1.82, 2.24) is 0 Å². The van der Waals surface area contributed by atoms with E-state index in [2.05, 4.69) is 178 Å². The Kier molecular flexibility index (Phi) is 11.2. The van der Waals surface area contributed by atoms with Gasteiger partial charge in [0, 0.05) is 0 Å². The summed E-state index contributed by atoms with van der Waals surface area (Å²) in [5.74, 6) is 0. The first-order valence-electron chi connectivity index (χ1n) is 18.9. The normalized spacial score (nSPS) is 14.6. The van der Waals surface area contributed by atoms with Gasteiger partial charge in [0.1, 0.15) is 0 Å². The highest BCUT2D eigenvalue weighted by Gasteiger charge is 2.39. The summed E-state index contributed by atoms with van der Waals surface area (Å²) in [4.78, 5) is 0. The fraction of sp³-hybridized carbons (Fsp3) is 0.745. The lowest BCUT2D eigenvalue weighted by Gasteiger charge is -2.42. The Morgan fingerprint density at radius 3 is 0.936 bits per heavy atom. The predicted octanol–water partition coefficient (Wildman–Crippen LogP) is 14.2. The lowest BCUT2D eigenvalue weighted by Crippen LogP contribution is -2.33. The molecule has 2 aromatic carbocycles. The Morgan fingerprint density at radius 1 is 0.298 bits per heavy atom. The van der Waals surface area contributed by atoms with Gasteiger partial charge in [-0.1, -0.05) is 178 Å². The Labute approximate surface area is 295 Å². The number of hydrogen-bond donors (Lipinski definition) is 0. The van der Waals surface area contributed by atoms with Gasteiger partial charge in [-0.05, 0) is 118 Å². The summed E-state index contributed by atoms with van der Waals surface area (Å²) >= 11 is 0. The average Bonchev–Trinajstić information content (AvgIpc) is 2.77. The van der Waals surface area contributed by atoms with Crippen LogP contribution in [-0.2, 0) is 56.2 Å². The molecule has 2 rings (SSSR count). The van der Waals surface area contributed by atoms with Crippen LogP contribution < -0.4 is 0 Å². The molecule has 0 unspecified atom stereocenters. The van der Waals surface area contributed by atoms with E-state index in [0.29, 0.717) is 0 Å². The SMILES string of the molecule is CC(C)(C)c1cc(C(C)(C)C)c(C(C)(C)C)c(C(C)(C)C)c1CCCc1cc(C(C)(C)C)c(C(C)(C)C)c(C(C)(C)C)c1C(C)(C)C. The minimum absolute atomic E-state index is 0.0446. The van der Waals surface area contributed by atoms with E-state index in [1.807, 2.05) is 0 Å². The van der Waals surface area contributed by atoms with E-state index < -0.39 is 0 Å². The summed E-state index contributed by atoms with van der Waals surface area (Å²) in [5, 5.41) is 0. The van der Waals surface area contributed by atoms with Crippen LogP contribution >= 0.6 is 0 Å². The van der Waals surface area contributed by atoms with E-state index in [0.717, 1.165) is 19.3 Å². The topological polar surface area (TPSA) is 0 Å². The molecule has 0 N–H and O–H groups in total. The molecular weight excluding hydrogens is 565 g/mol. The monoisotopic (exact) mass is 645 g/mol. The Morgan fingerprint density at radius 2 is 0.617 bits per heavy atom. The van der Waals surface area contributed by atoms with Gasteiger partial charge in [-0.15, -0.1) is 0 Å². The number of benzene rings is 2. The summed E-state index contributed by atoms with van der Waals surface area (Å²) < 4.78 is 0. The van der Waals surface area contributed by atoms with Crippen molar-refractivity contribution in [2.75, 3.05) is 0 Å². The summed E-state index contributed by atoms with van der Waals surface area (Å²) in [5.41, 5.74) is 16.2. The zero-order chi connectivity index (χ0) is 37.3. The minimum Gasteiger partial charge on any atom is -0.0561 e. The molecular formula is C47H80. The molecule has 0 radical (unpaired) electrons. The molecule has 0 atom stereocenters. The molecule has 2 aromatic rings. The second-order valence-corrected chi connectivity index (χ2v) is 23.3. The highest BCUT2D eigenvalue weighted by molar-refractivity contribution is 5.58. The second kappa shape index (κ2) is 12.6. The van der Waals surface area contributed by atoms with Gasteiger partial charge in [-0.25, -0.2) is 0 Å². The molecule has 0 aromatic heterocycles. The van der Waals surface area contributed by atoms with Crippen LogP contribution in [0.3, 0.4) is 0 Å². The first kappa shape index (κ1) is 41.6. The van der Waals surface area contributed by atoms with Gasteiger partial charge in [-0.3, -0.25) is 0 Å². The van der Waals surface area contributed by atoms with Crippen molar-refractivity contribution in [2.24, 2.45) is 0 Å². The van der Waals surface area contributed by atoms with Gasteiger partial charge in [0.2, 0.25) is 0 Å². The fourth-order valence-electron chi connectivity index (χ4n) is 8.22. The number of rotatable bonds is 4. The molecule has 0 fully saturated rings. The molecule has 0 aliphatic heterocycles. The maximum Gasteiger partial charge on any atom is -0.0126 e. The van der Waals surface area contributed by atoms with Crippen molar-refractivity contribution in [3.8, 4) is 0 Å². The van der Waals surface area contributed by atoms with Crippen LogP contribution in [0.2, 0.25) is 0 Å². The maximum absolute atomic E-state index is 2.65. The van der Waals surface area contributed by atoms with Crippen molar-refractivity contribution >= 4 is 0 Å². The number of hydrogen-bond acceptors (Lipinski definition) is 0. The summed E-state index contributed by atoms with van der Waals surface area (Å²) in [6.07, 6.45) is 3.35. The Hall–Kier alpha value is -1.56. The largest absolute Gasteiger partial charge is 0.0561 e. The molecule has 268 valence electrons. The standard InChI is InChI=1S/C47H80/c1-40(2,3)32-29-34(42(7,8)9)37(45(16,17)18)36(44(13,14)15)31(32)27-25-26-30-28-33(41(4,5)6)38(46(19,20)21)39(47(22,23)24)35(30)43(10,11)12/h28-29H,25-27H2,1-24H3. The Balaban J connectivity index is 3.04. The van der Waals surface area contributed by atoms with E-state index in [4.69, 9.17) is 0 Å². The quantitative estimate of drug-likeness (QED) is 0.311. The van der Waals surface area contributed by atoms with Crippen LogP contribution in [0.25, 0.3) is 0 Å². The second-order valence-electron chi connectivity index (χ2n) is 23.3. The molecule has 0 saturated carbocycles. The van der Waals surface area contributed by atoms with Gasteiger partial charge in [0.15, 0.2) is 0 Å². The molecule has 0 aliphatic carbocycles. The van der Waals surface area contributed by atoms with Crippen LogP contribution in [0, 0.1) is 0 Å². The smallest absolute Gasteiger partial charge is 0.0126 e. The van der Waals surface area contributed by atoms with Crippen LogP contribution in [-0.4, -0.2) is 0 Å². The lowest BCUT2D eigenvalue weighted by atomic mass is 9.62. The zero-order valence-corrected chi connectivity index (χ0v) is 36.3.